The molecule has 1 amide bonds. The third-order valence-corrected chi connectivity index (χ3v) is 2.95. The number of nitrogens with one attached hydrogen (secondary N) is 1. The molecule has 0 heterocycles. The second kappa shape index (κ2) is 8.42. The van der Waals surface area contributed by atoms with E-state index in [4.69, 9.17) is 9.47 Å². The van der Waals surface area contributed by atoms with Crippen molar-refractivity contribution in [1.82, 2.24) is 0 Å². The first kappa shape index (κ1) is 17.2. The van der Waals surface area contributed by atoms with Gasteiger partial charge in [-0.05, 0) is 37.5 Å². The van der Waals surface area contributed by atoms with Crippen LogP contribution in [0.3, 0.4) is 0 Å². The van der Waals surface area contributed by atoms with E-state index in [1.54, 1.807) is 6.92 Å². The molecule has 5 heteroatoms. The molecule has 0 aromatic heterocycles. The molecule has 1 rings (SSSR count). The number of benzene rings is 1. The van der Waals surface area contributed by atoms with E-state index in [0.717, 1.165) is 0 Å². The molecule has 0 aliphatic carbocycles. The molecule has 0 bridgehead atoms. The Morgan fingerprint density at radius 3 is 2.29 bits per heavy atom. The van der Waals surface area contributed by atoms with Gasteiger partial charge >= 0.3 is 5.97 Å². The molecule has 0 fully saturated rings. The molecule has 0 spiro atoms. The van der Waals surface area contributed by atoms with Crippen molar-refractivity contribution in [2.24, 2.45) is 0 Å². The summed E-state index contributed by atoms with van der Waals surface area (Å²) in [4.78, 5) is 23.3. The highest BCUT2D eigenvalue weighted by Gasteiger charge is 2.17. The van der Waals surface area contributed by atoms with Gasteiger partial charge in [-0.3, -0.25) is 4.79 Å². The molecule has 0 aliphatic rings. The molecule has 0 unspecified atom stereocenters. The van der Waals surface area contributed by atoms with Crippen LogP contribution in [0.4, 0.5) is 5.69 Å². The van der Waals surface area contributed by atoms with Crippen molar-refractivity contribution in [2.45, 2.75) is 39.7 Å². The van der Waals surface area contributed by atoms with Gasteiger partial charge in [-0.25, -0.2) is 4.79 Å². The van der Waals surface area contributed by atoms with E-state index >= 15 is 0 Å². The monoisotopic (exact) mass is 293 g/mol. The predicted molar refractivity (Wildman–Crippen MR) is 81.2 cm³/mol. The lowest BCUT2D eigenvalue weighted by Gasteiger charge is -2.14. The molecular formula is C16H23NO4. The van der Waals surface area contributed by atoms with E-state index in [9.17, 15) is 9.59 Å². The van der Waals surface area contributed by atoms with Gasteiger partial charge in [0, 0.05) is 12.3 Å². The molecule has 0 aliphatic heterocycles. The minimum atomic E-state index is -0.859. The van der Waals surface area contributed by atoms with E-state index in [1.165, 1.54) is 12.5 Å². The topological polar surface area (TPSA) is 64.6 Å². The van der Waals surface area contributed by atoms with E-state index in [0.29, 0.717) is 18.2 Å². The summed E-state index contributed by atoms with van der Waals surface area (Å²) >= 11 is 0. The van der Waals surface area contributed by atoms with Crippen molar-refractivity contribution in [2.75, 3.05) is 18.5 Å². The maximum atomic E-state index is 11.9. The summed E-state index contributed by atoms with van der Waals surface area (Å²) in [6.45, 7) is 7.81. The van der Waals surface area contributed by atoms with Gasteiger partial charge in [0.25, 0.3) is 5.91 Å². The van der Waals surface area contributed by atoms with Crippen LogP contribution in [0.2, 0.25) is 0 Å². The molecule has 1 atom stereocenters. The van der Waals surface area contributed by atoms with Gasteiger partial charge in [0.15, 0.2) is 6.10 Å². The smallest absolute Gasteiger partial charge is 0.332 e. The second-order valence-electron chi connectivity index (χ2n) is 5.04. The molecular weight excluding hydrogens is 270 g/mol. The zero-order chi connectivity index (χ0) is 15.8. The van der Waals surface area contributed by atoms with Gasteiger partial charge in [0.05, 0.1) is 0 Å². The zero-order valence-electron chi connectivity index (χ0n) is 13.0. The number of anilines is 1. The van der Waals surface area contributed by atoms with Gasteiger partial charge in [0.1, 0.15) is 6.61 Å². The summed E-state index contributed by atoms with van der Waals surface area (Å²) in [6, 6.07) is 7.60. The lowest BCUT2D eigenvalue weighted by atomic mass is 10.0. The Bertz CT molecular complexity index is 468. The number of carbonyl (C=O) groups is 2. The first-order valence-electron chi connectivity index (χ1n) is 7.12. The van der Waals surface area contributed by atoms with E-state index in [2.05, 4.69) is 19.2 Å². The molecule has 1 aromatic rings. The Kier molecular flexibility index (Phi) is 6.88. The SMILES string of the molecule is CCOCC(=O)O[C@H](C)C(=O)Nc1ccc(C(C)C)cc1. The third kappa shape index (κ3) is 5.95. The Morgan fingerprint density at radius 2 is 1.76 bits per heavy atom. The summed E-state index contributed by atoms with van der Waals surface area (Å²) in [5.41, 5.74) is 1.88. The van der Waals surface area contributed by atoms with Crippen molar-refractivity contribution in [3.05, 3.63) is 29.8 Å². The van der Waals surface area contributed by atoms with Crippen LogP contribution < -0.4 is 5.32 Å². The van der Waals surface area contributed by atoms with Crippen LogP contribution >= 0.6 is 0 Å². The standard InChI is InChI=1S/C16H23NO4/c1-5-20-10-15(18)21-12(4)16(19)17-14-8-6-13(7-9-14)11(2)3/h6-9,11-12H,5,10H2,1-4H3,(H,17,19)/t12-/m1/s1. The fourth-order valence-electron chi connectivity index (χ4n) is 1.67. The second-order valence-corrected chi connectivity index (χ2v) is 5.04. The fourth-order valence-corrected chi connectivity index (χ4v) is 1.67. The molecule has 0 saturated heterocycles. The number of rotatable bonds is 7. The van der Waals surface area contributed by atoms with Crippen molar-refractivity contribution in [1.29, 1.82) is 0 Å². The van der Waals surface area contributed by atoms with Crippen LogP contribution in [0, 0.1) is 0 Å². The molecule has 21 heavy (non-hydrogen) atoms. The summed E-state index contributed by atoms with van der Waals surface area (Å²) in [6.07, 6.45) is -0.859. The normalized spacial score (nSPS) is 12.0. The van der Waals surface area contributed by atoms with Crippen LogP contribution in [0.1, 0.15) is 39.2 Å². The Morgan fingerprint density at radius 1 is 1.14 bits per heavy atom. The minimum Gasteiger partial charge on any atom is -0.451 e. The van der Waals surface area contributed by atoms with Crippen molar-refractivity contribution < 1.29 is 19.1 Å². The maximum Gasteiger partial charge on any atom is 0.332 e. The number of ether oxygens (including phenoxy) is 2. The Balaban J connectivity index is 2.50. The molecule has 1 N–H and O–H groups in total. The van der Waals surface area contributed by atoms with Gasteiger partial charge in [-0.2, -0.15) is 0 Å². The van der Waals surface area contributed by atoms with Crippen molar-refractivity contribution in [3.63, 3.8) is 0 Å². The van der Waals surface area contributed by atoms with Crippen LogP contribution in [-0.2, 0) is 19.1 Å². The number of esters is 1. The van der Waals surface area contributed by atoms with E-state index in [-0.39, 0.29) is 12.5 Å². The molecule has 116 valence electrons. The van der Waals surface area contributed by atoms with Crippen LogP contribution in [-0.4, -0.2) is 31.2 Å². The van der Waals surface area contributed by atoms with Gasteiger partial charge in [0.2, 0.25) is 0 Å². The summed E-state index contributed by atoms with van der Waals surface area (Å²) in [7, 11) is 0. The van der Waals surface area contributed by atoms with Gasteiger partial charge < -0.3 is 14.8 Å². The van der Waals surface area contributed by atoms with E-state index < -0.39 is 12.1 Å². The quantitative estimate of drug-likeness (QED) is 0.785. The average Bonchev–Trinajstić information content (AvgIpc) is 2.45. The first-order valence-corrected chi connectivity index (χ1v) is 7.12. The summed E-state index contributed by atoms with van der Waals surface area (Å²) in [5, 5.41) is 2.71. The molecule has 5 nitrogen and oxygen atoms in total. The minimum absolute atomic E-state index is 0.142. The van der Waals surface area contributed by atoms with E-state index in [1.807, 2.05) is 24.3 Å². The predicted octanol–water partition coefficient (Wildman–Crippen LogP) is 2.72. The lowest BCUT2D eigenvalue weighted by Crippen LogP contribution is -2.31. The highest BCUT2D eigenvalue weighted by molar-refractivity contribution is 5.95. The lowest BCUT2D eigenvalue weighted by molar-refractivity contribution is -0.157. The summed E-state index contributed by atoms with van der Waals surface area (Å²) in [5.74, 6) is -0.472. The van der Waals surface area contributed by atoms with Crippen LogP contribution in [0.15, 0.2) is 24.3 Å². The largest absolute Gasteiger partial charge is 0.451 e. The Labute approximate surface area is 125 Å². The highest BCUT2D eigenvalue weighted by Crippen LogP contribution is 2.17. The number of amides is 1. The van der Waals surface area contributed by atoms with Gasteiger partial charge in [-0.15, -0.1) is 0 Å². The van der Waals surface area contributed by atoms with Crippen LogP contribution in [0.5, 0.6) is 0 Å². The number of carbonyl (C=O) groups excluding carboxylic acids is 2. The highest BCUT2D eigenvalue weighted by atomic mass is 16.6. The van der Waals surface area contributed by atoms with Crippen LogP contribution in [0.25, 0.3) is 0 Å². The fraction of sp³-hybridized carbons (Fsp3) is 0.500. The third-order valence-electron chi connectivity index (χ3n) is 2.95. The van der Waals surface area contributed by atoms with Crippen molar-refractivity contribution >= 4 is 17.6 Å². The maximum absolute atomic E-state index is 11.9. The summed E-state index contributed by atoms with van der Waals surface area (Å²) < 4.78 is 9.90. The average molecular weight is 293 g/mol. The number of hydrogen-bond donors (Lipinski definition) is 1. The first-order chi connectivity index (χ1) is 9.93. The Hall–Kier alpha value is -1.88. The van der Waals surface area contributed by atoms with Crippen molar-refractivity contribution in [3.8, 4) is 0 Å². The number of hydrogen-bond acceptors (Lipinski definition) is 4. The zero-order valence-corrected chi connectivity index (χ0v) is 13.0. The van der Waals surface area contributed by atoms with Gasteiger partial charge in [-0.1, -0.05) is 26.0 Å². The molecule has 0 saturated carbocycles. The molecule has 1 aromatic carbocycles. The molecule has 0 radical (unpaired) electrons.